The summed E-state index contributed by atoms with van der Waals surface area (Å²) in [6, 6.07) is 0.380. The van der Waals surface area contributed by atoms with Gasteiger partial charge in [0.05, 0.1) is 36.8 Å². The lowest BCUT2D eigenvalue weighted by Gasteiger charge is -2.08. The highest BCUT2D eigenvalue weighted by molar-refractivity contribution is 5.84. The number of nitrogens with one attached hydrogen (secondary N) is 2. The van der Waals surface area contributed by atoms with Crippen molar-refractivity contribution in [3.63, 3.8) is 0 Å². The summed E-state index contributed by atoms with van der Waals surface area (Å²) < 4.78 is 0. The molecule has 18 heavy (non-hydrogen) atoms. The van der Waals surface area contributed by atoms with E-state index in [-0.39, 0.29) is 14.9 Å². The van der Waals surface area contributed by atoms with Crippen molar-refractivity contribution in [2.24, 2.45) is 20.2 Å². The molecule has 0 saturated carbocycles. The Bertz CT molecular complexity index is 335. The zero-order valence-corrected chi connectivity index (χ0v) is 11.2. The Morgan fingerprint density at radius 2 is 1.44 bits per heavy atom. The smallest absolute Gasteiger partial charge is 0.0986 e. The third kappa shape index (κ3) is 4.09. The average Bonchev–Trinajstić information content (AvgIpc) is 2.99. The first kappa shape index (κ1) is 13.0. The molecule has 0 bridgehead atoms. The zero-order valence-electron chi connectivity index (χ0n) is 11.2. The van der Waals surface area contributed by atoms with Crippen molar-refractivity contribution >= 4 is 11.7 Å². The van der Waals surface area contributed by atoms with E-state index in [9.17, 15) is 0 Å². The molecule has 104 valence electrons. The quantitative estimate of drug-likeness (QED) is 0.705. The fraction of sp³-hybridized carbons (Fsp3) is 0.833. The van der Waals surface area contributed by atoms with E-state index in [4.69, 9.17) is 0 Å². The molecule has 0 spiro atoms. The van der Waals surface area contributed by atoms with Crippen LogP contribution in [0.5, 0.6) is 0 Å². The van der Waals surface area contributed by atoms with Crippen molar-refractivity contribution in [1.29, 1.82) is 0 Å². The number of hydrogen-bond donors (Lipinski definition) is 2. The summed E-state index contributed by atoms with van der Waals surface area (Å²) >= 11 is 0. The standard InChI is InChI=1S/C12H22N6.2H2/c1-9(7-11-13-3-4-14-11)17-18-10(2)8-12-15-5-6-16-12;;/h9-10H,3-8H2,1-2H3,(H,13,14)(H,15,16);2*1H. The lowest BCUT2D eigenvalue weighted by Crippen LogP contribution is -2.23. The summed E-state index contributed by atoms with van der Waals surface area (Å²) in [5.41, 5.74) is 0. The lowest BCUT2D eigenvalue weighted by molar-refractivity contribution is 0.634. The Morgan fingerprint density at radius 1 is 1.00 bits per heavy atom. The minimum absolute atomic E-state index is 0. The minimum Gasteiger partial charge on any atom is -0.372 e. The van der Waals surface area contributed by atoms with Crippen molar-refractivity contribution in [1.82, 2.24) is 10.6 Å². The molecule has 0 aromatic heterocycles. The van der Waals surface area contributed by atoms with Crippen molar-refractivity contribution in [3.8, 4) is 0 Å². The predicted molar refractivity (Wildman–Crippen MR) is 77.9 cm³/mol. The summed E-state index contributed by atoms with van der Waals surface area (Å²) in [4.78, 5) is 8.72. The summed E-state index contributed by atoms with van der Waals surface area (Å²) in [5.74, 6) is 2.13. The Kier molecular flexibility index (Phi) is 4.66. The Balaban J connectivity index is 0.00000180. The summed E-state index contributed by atoms with van der Waals surface area (Å²) in [6.07, 6.45) is 1.71. The van der Waals surface area contributed by atoms with Crippen LogP contribution in [-0.4, -0.2) is 49.9 Å². The van der Waals surface area contributed by atoms with E-state index in [2.05, 4.69) is 44.7 Å². The van der Waals surface area contributed by atoms with E-state index < -0.39 is 0 Å². The van der Waals surface area contributed by atoms with Crippen LogP contribution in [0, 0.1) is 0 Å². The van der Waals surface area contributed by atoms with Crippen LogP contribution in [0.1, 0.15) is 29.5 Å². The van der Waals surface area contributed by atoms with Crippen LogP contribution < -0.4 is 10.6 Å². The molecule has 0 aromatic rings. The molecule has 2 N–H and O–H groups in total. The molecule has 0 radical (unpaired) electrons. The number of amidine groups is 2. The van der Waals surface area contributed by atoms with Crippen LogP contribution in [0.2, 0.25) is 0 Å². The largest absolute Gasteiger partial charge is 0.372 e. The maximum absolute atomic E-state index is 4.36. The van der Waals surface area contributed by atoms with Gasteiger partial charge in [0.1, 0.15) is 0 Å². The number of rotatable bonds is 6. The summed E-state index contributed by atoms with van der Waals surface area (Å²) in [6.45, 7) is 7.85. The van der Waals surface area contributed by atoms with Gasteiger partial charge in [0, 0.05) is 28.8 Å². The molecule has 0 saturated heterocycles. The SMILES string of the molecule is CC(CC1=NCCN1)N=NC(C)CC1=NCCN1.[HH].[HH]. The fourth-order valence-electron chi connectivity index (χ4n) is 2.04. The number of aliphatic imine (C=N–C) groups is 2. The van der Waals surface area contributed by atoms with Gasteiger partial charge in [-0.2, -0.15) is 10.2 Å². The molecule has 0 fully saturated rings. The van der Waals surface area contributed by atoms with E-state index in [1.165, 1.54) is 0 Å². The highest BCUT2D eigenvalue weighted by atomic mass is 15.2. The third-order valence-corrected chi connectivity index (χ3v) is 2.93. The van der Waals surface area contributed by atoms with Gasteiger partial charge in [-0.05, 0) is 13.8 Å². The van der Waals surface area contributed by atoms with Crippen LogP contribution in [-0.2, 0) is 0 Å². The minimum atomic E-state index is 0. The van der Waals surface area contributed by atoms with E-state index >= 15 is 0 Å². The molecule has 2 atom stereocenters. The van der Waals surface area contributed by atoms with Gasteiger partial charge >= 0.3 is 0 Å². The third-order valence-electron chi connectivity index (χ3n) is 2.93. The molecular formula is C12H26N6. The molecule has 2 rings (SSSR count). The van der Waals surface area contributed by atoms with Gasteiger partial charge in [0.15, 0.2) is 0 Å². The molecular weight excluding hydrogens is 228 g/mol. The highest BCUT2D eigenvalue weighted by Crippen LogP contribution is 2.06. The van der Waals surface area contributed by atoms with Gasteiger partial charge in [-0.15, -0.1) is 0 Å². The van der Waals surface area contributed by atoms with Crippen LogP contribution in [0.4, 0.5) is 0 Å². The zero-order chi connectivity index (χ0) is 12.8. The second-order valence-corrected chi connectivity index (χ2v) is 4.85. The van der Waals surface area contributed by atoms with Gasteiger partial charge in [-0.25, -0.2) is 0 Å². The first-order valence-electron chi connectivity index (χ1n) is 6.68. The molecule has 6 heteroatoms. The van der Waals surface area contributed by atoms with Crippen molar-refractivity contribution in [2.75, 3.05) is 26.2 Å². The van der Waals surface area contributed by atoms with Gasteiger partial charge in [0.2, 0.25) is 0 Å². The molecule has 0 aliphatic carbocycles. The monoisotopic (exact) mass is 254 g/mol. The van der Waals surface area contributed by atoms with E-state index in [1.54, 1.807) is 0 Å². The van der Waals surface area contributed by atoms with Gasteiger partial charge in [0.25, 0.3) is 0 Å². The van der Waals surface area contributed by atoms with Crippen molar-refractivity contribution in [2.45, 2.75) is 38.8 Å². The Morgan fingerprint density at radius 3 is 1.78 bits per heavy atom. The van der Waals surface area contributed by atoms with Gasteiger partial charge < -0.3 is 10.6 Å². The number of azo groups is 1. The molecule has 2 aliphatic heterocycles. The van der Waals surface area contributed by atoms with Crippen LogP contribution in [0.25, 0.3) is 0 Å². The Hall–Kier alpha value is -1.46. The number of hydrogen-bond acceptors (Lipinski definition) is 6. The first-order chi connectivity index (χ1) is 8.74. The van der Waals surface area contributed by atoms with E-state index in [1.807, 2.05) is 0 Å². The predicted octanol–water partition coefficient (Wildman–Crippen LogP) is 1.49. The Labute approximate surface area is 111 Å². The summed E-state index contributed by atoms with van der Waals surface area (Å²) in [5, 5.41) is 15.2. The van der Waals surface area contributed by atoms with Crippen molar-refractivity contribution in [3.05, 3.63) is 0 Å². The highest BCUT2D eigenvalue weighted by Gasteiger charge is 2.12. The van der Waals surface area contributed by atoms with E-state index in [0.29, 0.717) is 0 Å². The lowest BCUT2D eigenvalue weighted by atomic mass is 10.2. The van der Waals surface area contributed by atoms with Crippen LogP contribution in [0.3, 0.4) is 0 Å². The fourth-order valence-corrected chi connectivity index (χ4v) is 2.04. The van der Waals surface area contributed by atoms with Crippen LogP contribution >= 0.6 is 0 Å². The molecule has 6 nitrogen and oxygen atoms in total. The normalized spacial score (nSPS) is 22.3. The molecule has 2 unspecified atom stereocenters. The molecule has 0 aromatic carbocycles. The number of nitrogens with zero attached hydrogens (tertiary/aromatic N) is 4. The van der Waals surface area contributed by atoms with Gasteiger partial charge in [-0.1, -0.05) is 0 Å². The topological polar surface area (TPSA) is 73.5 Å². The first-order valence-corrected chi connectivity index (χ1v) is 6.68. The maximum atomic E-state index is 4.36. The average molecular weight is 254 g/mol. The van der Waals surface area contributed by atoms with Crippen LogP contribution in [0.15, 0.2) is 20.2 Å². The summed E-state index contributed by atoms with van der Waals surface area (Å²) in [7, 11) is 0. The van der Waals surface area contributed by atoms with E-state index in [0.717, 1.165) is 50.7 Å². The molecule has 2 aliphatic rings. The molecule has 2 heterocycles. The van der Waals surface area contributed by atoms with Crippen molar-refractivity contribution < 1.29 is 2.85 Å². The molecule has 0 amide bonds. The second-order valence-electron chi connectivity index (χ2n) is 4.85. The maximum Gasteiger partial charge on any atom is 0.0986 e. The van der Waals surface area contributed by atoms with Gasteiger partial charge in [-0.3, -0.25) is 9.98 Å². The second kappa shape index (κ2) is 6.47.